The lowest BCUT2D eigenvalue weighted by Gasteiger charge is -2.05. The molecule has 3 N–H and O–H groups in total. The minimum atomic E-state index is -1.16. The second kappa shape index (κ2) is 5.88. The molecule has 20 heavy (non-hydrogen) atoms. The number of nitrogens with two attached hydrogens (primary N) is 1. The Balaban J connectivity index is 2.37. The first-order valence-electron chi connectivity index (χ1n) is 5.21. The van der Waals surface area contributed by atoms with Crippen molar-refractivity contribution in [2.75, 3.05) is 5.75 Å². The predicted molar refractivity (Wildman–Crippen MR) is 71.0 cm³/mol. The van der Waals surface area contributed by atoms with E-state index in [0.717, 1.165) is 11.8 Å². The van der Waals surface area contributed by atoms with E-state index in [1.54, 1.807) is 6.07 Å². The van der Waals surface area contributed by atoms with Crippen LogP contribution in [0.25, 0.3) is 5.69 Å². The molecule has 0 aliphatic rings. The van der Waals surface area contributed by atoms with Gasteiger partial charge in [0.1, 0.15) is 0 Å². The smallest absolute Gasteiger partial charge is 0.337 e. The molecular formula is C10H8ClN5O3S. The minimum absolute atomic E-state index is 0.0136. The Morgan fingerprint density at radius 1 is 1.45 bits per heavy atom. The zero-order valence-electron chi connectivity index (χ0n) is 9.86. The lowest BCUT2D eigenvalue weighted by Crippen LogP contribution is -2.13. The number of nitrogens with zero attached hydrogens (tertiary/aromatic N) is 4. The molecule has 2 rings (SSSR count). The fourth-order valence-corrected chi connectivity index (χ4v) is 2.20. The molecule has 1 heterocycles. The van der Waals surface area contributed by atoms with Gasteiger partial charge in [-0.25, -0.2) is 4.79 Å². The molecule has 0 unspecified atom stereocenters. The number of hydrogen-bond acceptors (Lipinski definition) is 6. The maximum absolute atomic E-state index is 11.0. The molecule has 0 fully saturated rings. The number of aromatic nitrogens is 4. The highest BCUT2D eigenvalue weighted by molar-refractivity contribution is 7.99. The molecule has 104 valence electrons. The van der Waals surface area contributed by atoms with E-state index in [9.17, 15) is 9.59 Å². The minimum Gasteiger partial charge on any atom is -0.478 e. The van der Waals surface area contributed by atoms with E-state index in [1.165, 1.54) is 16.8 Å². The average Bonchev–Trinajstić information content (AvgIpc) is 2.85. The van der Waals surface area contributed by atoms with Crippen LogP contribution in [0.15, 0.2) is 23.4 Å². The molecule has 0 saturated heterocycles. The Morgan fingerprint density at radius 2 is 2.20 bits per heavy atom. The monoisotopic (exact) mass is 313 g/mol. The number of benzene rings is 1. The molecule has 0 saturated carbocycles. The van der Waals surface area contributed by atoms with Gasteiger partial charge in [0.2, 0.25) is 11.1 Å². The Kier molecular flexibility index (Phi) is 4.20. The summed E-state index contributed by atoms with van der Waals surface area (Å²) in [7, 11) is 0. The topological polar surface area (TPSA) is 124 Å². The fraction of sp³-hybridized carbons (Fsp3) is 0.100. The molecule has 0 radical (unpaired) electrons. The van der Waals surface area contributed by atoms with Crippen LogP contribution in [-0.4, -0.2) is 42.9 Å². The van der Waals surface area contributed by atoms with E-state index >= 15 is 0 Å². The number of rotatable bonds is 5. The highest BCUT2D eigenvalue weighted by Gasteiger charge is 2.14. The van der Waals surface area contributed by atoms with E-state index in [0.29, 0.717) is 10.8 Å². The number of hydrogen-bond donors (Lipinski definition) is 2. The van der Waals surface area contributed by atoms with Crippen molar-refractivity contribution in [1.82, 2.24) is 20.2 Å². The Hall–Kier alpha value is -2.13. The van der Waals surface area contributed by atoms with Crippen LogP contribution in [0, 0.1) is 0 Å². The van der Waals surface area contributed by atoms with Crippen LogP contribution in [0.2, 0.25) is 5.02 Å². The number of amides is 1. The quantitative estimate of drug-likeness (QED) is 0.774. The highest BCUT2D eigenvalue weighted by Crippen LogP contribution is 2.22. The van der Waals surface area contributed by atoms with Gasteiger partial charge < -0.3 is 10.8 Å². The zero-order valence-corrected chi connectivity index (χ0v) is 11.4. The molecule has 0 aliphatic heterocycles. The second-order valence-corrected chi connectivity index (χ2v) is 4.95. The summed E-state index contributed by atoms with van der Waals surface area (Å²) in [6.07, 6.45) is 0. The molecule has 0 aliphatic carbocycles. The summed E-state index contributed by atoms with van der Waals surface area (Å²) in [6.45, 7) is 0. The Bertz CT molecular complexity index is 675. The molecule has 1 aromatic carbocycles. The number of aromatic carboxylic acids is 1. The number of carboxylic acid groups (broad SMARTS) is 1. The van der Waals surface area contributed by atoms with Crippen molar-refractivity contribution >= 4 is 35.2 Å². The fourth-order valence-electron chi connectivity index (χ4n) is 1.38. The van der Waals surface area contributed by atoms with E-state index in [2.05, 4.69) is 15.5 Å². The van der Waals surface area contributed by atoms with Crippen LogP contribution in [0.3, 0.4) is 0 Å². The van der Waals surface area contributed by atoms with Crippen LogP contribution in [-0.2, 0) is 4.79 Å². The summed E-state index contributed by atoms with van der Waals surface area (Å²) >= 11 is 6.83. The Labute approximate surface area is 121 Å². The average molecular weight is 314 g/mol. The van der Waals surface area contributed by atoms with Crippen LogP contribution >= 0.6 is 23.4 Å². The summed E-state index contributed by atoms with van der Waals surface area (Å²) in [5.41, 5.74) is 5.40. The van der Waals surface area contributed by atoms with E-state index in [4.69, 9.17) is 22.4 Å². The van der Waals surface area contributed by atoms with Gasteiger partial charge in [-0.15, -0.1) is 5.10 Å². The van der Waals surface area contributed by atoms with Crippen molar-refractivity contribution in [2.24, 2.45) is 5.73 Å². The van der Waals surface area contributed by atoms with Crippen molar-refractivity contribution in [3.8, 4) is 5.69 Å². The van der Waals surface area contributed by atoms with E-state index in [-0.39, 0.29) is 16.3 Å². The highest BCUT2D eigenvalue weighted by atomic mass is 35.5. The summed E-state index contributed by atoms with van der Waals surface area (Å²) in [5.74, 6) is -1.65. The normalized spacial score (nSPS) is 10.4. The summed E-state index contributed by atoms with van der Waals surface area (Å²) in [4.78, 5) is 21.8. The van der Waals surface area contributed by atoms with Gasteiger partial charge in [0.05, 0.1) is 22.0 Å². The molecular weight excluding hydrogens is 306 g/mol. The van der Waals surface area contributed by atoms with Crippen molar-refractivity contribution in [3.63, 3.8) is 0 Å². The number of tetrazole rings is 1. The molecule has 0 atom stereocenters. The van der Waals surface area contributed by atoms with Crippen LogP contribution in [0.5, 0.6) is 0 Å². The number of carbonyl (C=O) groups excluding carboxylic acids is 1. The first-order chi connectivity index (χ1) is 9.49. The molecule has 8 nitrogen and oxygen atoms in total. The van der Waals surface area contributed by atoms with Gasteiger partial charge in [-0.1, -0.05) is 23.4 Å². The molecule has 1 amide bonds. The SMILES string of the molecule is NC(=O)CSc1nnnn1-c1ccc(Cl)c(C(=O)O)c1. The summed E-state index contributed by atoms with van der Waals surface area (Å²) in [6, 6.07) is 4.35. The van der Waals surface area contributed by atoms with Gasteiger partial charge in [0.25, 0.3) is 0 Å². The molecule has 1 aromatic heterocycles. The molecule has 0 spiro atoms. The number of carboxylic acids is 1. The first kappa shape index (κ1) is 14.3. The molecule has 2 aromatic rings. The standard InChI is InChI=1S/C10H8ClN5O3S/c11-7-2-1-5(3-6(7)9(18)19)16-10(13-14-15-16)20-4-8(12)17/h1-3H,4H2,(H2,12,17)(H,18,19). The second-order valence-electron chi connectivity index (χ2n) is 3.60. The summed E-state index contributed by atoms with van der Waals surface area (Å²) < 4.78 is 1.30. The Morgan fingerprint density at radius 3 is 2.85 bits per heavy atom. The number of thioether (sulfide) groups is 1. The summed E-state index contributed by atoms with van der Waals surface area (Å²) in [5, 5.41) is 20.4. The van der Waals surface area contributed by atoms with Crippen molar-refractivity contribution in [1.29, 1.82) is 0 Å². The van der Waals surface area contributed by atoms with Crippen LogP contribution in [0.4, 0.5) is 0 Å². The van der Waals surface area contributed by atoms with Crippen molar-refractivity contribution < 1.29 is 14.7 Å². The van der Waals surface area contributed by atoms with E-state index in [1.807, 2.05) is 0 Å². The van der Waals surface area contributed by atoms with Gasteiger partial charge in [-0.2, -0.15) is 4.68 Å². The van der Waals surface area contributed by atoms with E-state index < -0.39 is 11.9 Å². The maximum atomic E-state index is 11.0. The van der Waals surface area contributed by atoms with Gasteiger partial charge >= 0.3 is 5.97 Å². The van der Waals surface area contributed by atoms with Gasteiger partial charge in [0.15, 0.2) is 0 Å². The van der Waals surface area contributed by atoms with Crippen LogP contribution in [0.1, 0.15) is 10.4 Å². The zero-order chi connectivity index (χ0) is 14.7. The third-order valence-electron chi connectivity index (χ3n) is 2.21. The van der Waals surface area contributed by atoms with Crippen molar-refractivity contribution in [3.05, 3.63) is 28.8 Å². The van der Waals surface area contributed by atoms with Crippen LogP contribution < -0.4 is 5.73 Å². The third kappa shape index (κ3) is 3.06. The van der Waals surface area contributed by atoms with Gasteiger partial charge in [-0.05, 0) is 28.6 Å². The molecule has 10 heteroatoms. The lowest BCUT2D eigenvalue weighted by molar-refractivity contribution is -0.115. The van der Waals surface area contributed by atoms with Gasteiger partial charge in [-0.3, -0.25) is 4.79 Å². The third-order valence-corrected chi connectivity index (χ3v) is 3.48. The largest absolute Gasteiger partial charge is 0.478 e. The lowest BCUT2D eigenvalue weighted by atomic mass is 10.2. The number of halogens is 1. The van der Waals surface area contributed by atoms with Crippen molar-refractivity contribution in [2.45, 2.75) is 5.16 Å². The maximum Gasteiger partial charge on any atom is 0.337 e. The first-order valence-corrected chi connectivity index (χ1v) is 6.58. The number of carbonyl (C=O) groups is 2. The van der Waals surface area contributed by atoms with Gasteiger partial charge in [0, 0.05) is 0 Å². The number of primary amides is 1. The predicted octanol–water partition coefficient (Wildman–Crippen LogP) is 0.591. The molecule has 0 bridgehead atoms.